The number of hydrogen-bond donors (Lipinski definition) is 0. The predicted molar refractivity (Wildman–Crippen MR) is 73.9 cm³/mol. The molecule has 110 valence electrons. The summed E-state index contributed by atoms with van der Waals surface area (Å²) in [5.41, 5.74) is 0.269. The molecule has 2 aromatic rings. The van der Waals surface area contributed by atoms with Crippen LogP contribution in [0.1, 0.15) is 15.9 Å². The number of hydrogen-bond acceptors (Lipinski definition) is 3. The number of halogens is 2. The van der Waals surface area contributed by atoms with E-state index in [1.165, 1.54) is 26.4 Å². The highest BCUT2D eigenvalue weighted by Crippen LogP contribution is 2.31. The Kier molecular flexibility index (Phi) is 4.52. The van der Waals surface area contributed by atoms with Crippen molar-refractivity contribution in [3.05, 3.63) is 59.2 Å². The molecule has 21 heavy (non-hydrogen) atoms. The normalized spacial score (nSPS) is 10.3. The fraction of sp³-hybridized carbons (Fsp3) is 0.188. The molecule has 0 heterocycles. The van der Waals surface area contributed by atoms with Gasteiger partial charge in [-0.1, -0.05) is 18.2 Å². The first kappa shape index (κ1) is 15.0. The molecule has 0 aliphatic carbocycles. The second-order valence-corrected chi connectivity index (χ2v) is 4.35. The minimum absolute atomic E-state index is 0.00451. The predicted octanol–water partition coefficient (Wildman–Crippen LogP) is 3.41. The molecule has 0 saturated carbocycles. The fourth-order valence-electron chi connectivity index (χ4n) is 2.06. The van der Waals surface area contributed by atoms with E-state index in [2.05, 4.69) is 0 Å². The zero-order valence-corrected chi connectivity index (χ0v) is 11.7. The smallest absolute Gasteiger partial charge is 0.171 e. The van der Waals surface area contributed by atoms with Crippen molar-refractivity contribution in [2.24, 2.45) is 0 Å². The van der Waals surface area contributed by atoms with E-state index in [-0.39, 0.29) is 29.1 Å². The highest BCUT2D eigenvalue weighted by atomic mass is 19.2. The molecule has 0 N–H and O–H groups in total. The van der Waals surface area contributed by atoms with Crippen LogP contribution in [0.15, 0.2) is 36.4 Å². The molecule has 0 aliphatic rings. The molecule has 0 fully saturated rings. The van der Waals surface area contributed by atoms with Crippen molar-refractivity contribution in [2.45, 2.75) is 6.42 Å². The van der Waals surface area contributed by atoms with E-state index in [1.54, 1.807) is 18.2 Å². The Labute approximate surface area is 121 Å². The molecule has 2 rings (SSSR count). The average molecular weight is 292 g/mol. The lowest BCUT2D eigenvalue weighted by Crippen LogP contribution is -2.08. The van der Waals surface area contributed by atoms with Crippen molar-refractivity contribution in [2.75, 3.05) is 14.2 Å². The second kappa shape index (κ2) is 6.35. The van der Waals surface area contributed by atoms with Crippen LogP contribution in [0.4, 0.5) is 8.78 Å². The van der Waals surface area contributed by atoms with E-state index >= 15 is 0 Å². The van der Waals surface area contributed by atoms with Crippen LogP contribution in [0.5, 0.6) is 11.5 Å². The Bertz CT molecular complexity index is 669. The fourth-order valence-corrected chi connectivity index (χ4v) is 2.06. The lowest BCUT2D eigenvalue weighted by Gasteiger charge is -2.12. The van der Waals surface area contributed by atoms with Gasteiger partial charge < -0.3 is 9.47 Å². The molecule has 0 bridgehead atoms. The number of carbonyl (C=O) groups excluding carboxylic acids is 1. The van der Waals surface area contributed by atoms with Gasteiger partial charge >= 0.3 is 0 Å². The van der Waals surface area contributed by atoms with Crippen LogP contribution in [0.25, 0.3) is 0 Å². The van der Waals surface area contributed by atoms with Crippen molar-refractivity contribution in [1.82, 2.24) is 0 Å². The Morgan fingerprint density at radius 3 is 2.43 bits per heavy atom. The van der Waals surface area contributed by atoms with Crippen molar-refractivity contribution in [3.63, 3.8) is 0 Å². The minimum Gasteiger partial charge on any atom is -0.493 e. The molecule has 0 aliphatic heterocycles. The zero-order chi connectivity index (χ0) is 15.4. The van der Waals surface area contributed by atoms with Crippen LogP contribution >= 0.6 is 0 Å². The van der Waals surface area contributed by atoms with Crippen molar-refractivity contribution in [1.29, 1.82) is 0 Å². The highest BCUT2D eigenvalue weighted by molar-refractivity contribution is 6.00. The third kappa shape index (κ3) is 3.02. The number of rotatable bonds is 5. The maximum absolute atomic E-state index is 13.6. The van der Waals surface area contributed by atoms with Crippen LogP contribution < -0.4 is 9.47 Å². The summed E-state index contributed by atoms with van der Waals surface area (Å²) in [6.07, 6.45) is -0.257. The number of methoxy groups -OCH3 is 2. The van der Waals surface area contributed by atoms with Gasteiger partial charge in [0.2, 0.25) is 0 Å². The first-order valence-electron chi connectivity index (χ1n) is 6.25. The van der Waals surface area contributed by atoms with Gasteiger partial charge in [-0.15, -0.1) is 0 Å². The first-order valence-corrected chi connectivity index (χ1v) is 6.25. The molecule has 0 amide bonds. The van der Waals surface area contributed by atoms with Gasteiger partial charge in [-0.3, -0.25) is 4.79 Å². The summed E-state index contributed by atoms with van der Waals surface area (Å²) in [4.78, 5) is 12.3. The molecular formula is C16H14F2O3. The van der Waals surface area contributed by atoms with Crippen molar-refractivity contribution >= 4 is 5.78 Å². The third-order valence-electron chi connectivity index (χ3n) is 3.09. The lowest BCUT2D eigenvalue weighted by molar-refractivity contribution is 0.0988. The second-order valence-electron chi connectivity index (χ2n) is 4.35. The summed E-state index contributed by atoms with van der Waals surface area (Å²) in [6.45, 7) is 0. The molecule has 0 aromatic heterocycles. The molecule has 0 atom stereocenters. The first-order chi connectivity index (χ1) is 10.1. The van der Waals surface area contributed by atoms with Gasteiger partial charge in [0, 0.05) is 6.42 Å². The van der Waals surface area contributed by atoms with E-state index < -0.39 is 11.6 Å². The van der Waals surface area contributed by atoms with Gasteiger partial charge in [-0.25, -0.2) is 8.78 Å². The summed E-state index contributed by atoms with van der Waals surface area (Å²) in [5.74, 6) is -1.68. The molecule has 0 unspecified atom stereocenters. The number of benzene rings is 2. The van der Waals surface area contributed by atoms with E-state index in [4.69, 9.17) is 9.47 Å². The Morgan fingerprint density at radius 1 is 1.05 bits per heavy atom. The number of para-hydroxylation sites is 1. The van der Waals surface area contributed by atoms with Gasteiger partial charge in [0.1, 0.15) is 0 Å². The van der Waals surface area contributed by atoms with E-state index in [0.717, 1.165) is 6.07 Å². The largest absolute Gasteiger partial charge is 0.493 e. The summed E-state index contributed by atoms with van der Waals surface area (Å²) in [7, 11) is 2.87. The molecule has 0 saturated heterocycles. The summed E-state index contributed by atoms with van der Waals surface area (Å²) >= 11 is 0. The molecule has 5 heteroatoms. The van der Waals surface area contributed by atoms with Gasteiger partial charge in [0.05, 0.1) is 19.8 Å². The lowest BCUT2D eigenvalue weighted by atomic mass is 10.0. The average Bonchev–Trinajstić information content (AvgIpc) is 2.50. The van der Waals surface area contributed by atoms with Crippen LogP contribution in [0, 0.1) is 11.6 Å². The summed E-state index contributed by atoms with van der Waals surface area (Å²) in [5, 5.41) is 0. The van der Waals surface area contributed by atoms with Crippen LogP contribution in [0.3, 0.4) is 0 Å². The van der Waals surface area contributed by atoms with Crippen LogP contribution in [-0.4, -0.2) is 20.0 Å². The number of Topliss-reactive ketones (excluding diaryl/α,β-unsaturated/α-hetero) is 1. The molecule has 3 nitrogen and oxygen atoms in total. The van der Waals surface area contributed by atoms with Gasteiger partial charge in [0.25, 0.3) is 0 Å². The zero-order valence-electron chi connectivity index (χ0n) is 11.7. The maximum Gasteiger partial charge on any atom is 0.171 e. The molecular weight excluding hydrogens is 278 g/mol. The number of ketones is 1. The topological polar surface area (TPSA) is 35.5 Å². The van der Waals surface area contributed by atoms with Gasteiger partial charge in [-0.2, -0.15) is 0 Å². The Hall–Kier alpha value is -2.43. The van der Waals surface area contributed by atoms with Crippen molar-refractivity contribution in [3.8, 4) is 11.5 Å². The quantitative estimate of drug-likeness (QED) is 0.792. The van der Waals surface area contributed by atoms with Gasteiger partial charge in [0.15, 0.2) is 28.9 Å². The molecule has 0 spiro atoms. The minimum atomic E-state index is -1.01. The Balaban J connectivity index is 2.35. The van der Waals surface area contributed by atoms with E-state index in [0.29, 0.717) is 5.75 Å². The summed E-state index contributed by atoms with van der Waals surface area (Å²) < 4.78 is 37.1. The molecule has 0 radical (unpaired) electrons. The van der Waals surface area contributed by atoms with E-state index in [1.807, 2.05) is 0 Å². The monoisotopic (exact) mass is 292 g/mol. The van der Waals surface area contributed by atoms with Crippen LogP contribution in [-0.2, 0) is 6.42 Å². The van der Waals surface area contributed by atoms with Crippen LogP contribution in [0.2, 0.25) is 0 Å². The van der Waals surface area contributed by atoms with Crippen molar-refractivity contribution < 1.29 is 23.0 Å². The SMILES string of the molecule is COc1cccc(C(=O)Cc2cccc(F)c2F)c1OC. The Morgan fingerprint density at radius 2 is 1.76 bits per heavy atom. The molecule has 2 aromatic carbocycles. The van der Waals surface area contributed by atoms with Gasteiger partial charge in [-0.05, 0) is 23.8 Å². The third-order valence-corrected chi connectivity index (χ3v) is 3.09. The number of ether oxygens (including phenoxy) is 2. The standard InChI is InChI=1S/C16H14F2O3/c1-20-14-8-4-6-11(16(14)21-2)13(19)9-10-5-3-7-12(17)15(10)18/h3-8H,9H2,1-2H3. The summed E-state index contributed by atoms with van der Waals surface area (Å²) in [6, 6.07) is 8.60. The van der Waals surface area contributed by atoms with E-state index in [9.17, 15) is 13.6 Å². The highest BCUT2D eigenvalue weighted by Gasteiger charge is 2.18. The number of carbonyl (C=O) groups is 1. The maximum atomic E-state index is 13.6.